The van der Waals surface area contributed by atoms with Crippen LogP contribution in [-0.2, 0) is 6.37 Å². The summed E-state index contributed by atoms with van der Waals surface area (Å²) in [5, 5.41) is 0. The van der Waals surface area contributed by atoms with E-state index in [1.807, 2.05) is 0 Å². The summed E-state index contributed by atoms with van der Waals surface area (Å²) in [6.07, 6.45) is 1.15. The number of terminal acetylenes is 1. The van der Waals surface area contributed by atoms with E-state index in [0.717, 1.165) is 0 Å². The van der Waals surface area contributed by atoms with Gasteiger partial charge in [0.2, 0.25) is 0 Å². The standard InChI is InChI=1S/C13H17N/c1-4-10-14(3)12(2)11-13-8-6-5-7-9-13/h1,5-9,12H,10-11H2,2-3H3/t12-/m1/s1/i2D3,3D3,5D,6D,7D,8D,9D,10D2,11D2,12D. The van der Waals surface area contributed by atoms with Crippen LogP contribution in [0.15, 0.2) is 30.2 Å². The highest BCUT2D eigenvalue weighted by atomic mass is 15.1. The highest BCUT2D eigenvalue weighted by Gasteiger charge is 2.07. The minimum atomic E-state index is -4.05. The van der Waals surface area contributed by atoms with E-state index in [0.29, 0.717) is 0 Å². The van der Waals surface area contributed by atoms with Gasteiger partial charge in [0.25, 0.3) is 0 Å². The van der Waals surface area contributed by atoms with Crippen molar-refractivity contribution >= 4 is 0 Å². The fourth-order valence-electron chi connectivity index (χ4n) is 0.607. The molecule has 0 heterocycles. The predicted octanol–water partition coefficient (Wildman–Crippen LogP) is 2.18. The molecule has 0 amide bonds. The molecular formula is C13H17N. The van der Waals surface area contributed by atoms with E-state index in [2.05, 4.69) is 0 Å². The fraction of sp³-hybridized carbons (Fsp3) is 0.385. The molecule has 0 N–H and O–H groups in total. The van der Waals surface area contributed by atoms with Crippen LogP contribution in [0.3, 0.4) is 0 Å². The van der Waals surface area contributed by atoms with Crippen LogP contribution in [0.4, 0.5) is 0 Å². The van der Waals surface area contributed by atoms with Crippen molar-refractivity contribution in [3.63, 3.8) is 0 Å². The monoisotopic (exact) mass is 203 g/mol. The summed E-state index contributed by atoms with van der Waals surface area (Å²) >= 11 is 0. The van der Waals surface area contributed by atoms with Gasteiger partial charge in [0.05, 0.1) is 16.1 Å². The molecule has 1 heteroatoms. The van der Waals surface area contributed by atoms with Crippen LogP contribution in [0.2, 0.25) is 0 Å². The van der Waals surface area contributed by atoms with Gasteiger partial charge in [-0.2, -0.15) is 0 Å². The van der Waals surface area contributed by atoms with Crippen molar-refractivity contribution in [1.29, 1.82) is 0 Å². The first-order chi connectivity index (χ1) is 13.1. The number of likely N-dealkylation sites (N-methyl/N-ethyl adjacent to an activating group) is 1. The zero-order valence-corrected chi connectivity index (χ0v) is 7.02. The fourth-order valence-corrected chi connectivity index (χ4v) is 0.607. The van der Waals surface area contributed by atoms with Gasteiger partial charge in [-0.1, -0.05) is 36.1 Å². The maximum Gasteiger partial charge on any atom is 0.0626 e. The third kappa shape index (κ3) is 3.24. The molecule has 1 aromatic rings. The molecule has 0 unspecified atom stereocenters. The SMILES string of the molecule is [2H]c1c([2H])c([2H])c(C([2H])([2H])[C@]([2H])(N(C([2H])([2H])[2H])C([2H])([2H])C#C)C([2H])([2H])[2H])c([2H])c1[2H]. The molecule has 14 heavy (non-hydrogen) atoms. The van der Waals surface area contributed by atoms with Crippen LogP contribution in [0.5, 0.6) is 0 Å². The van der Waals surface area contributed by atoms with Gasteiger partial charge in [-0.25, -0.2) is 0 Å². The van der Waals surface area contributed by atoms with E-state index in [4.69, 9.17) is 28.4 Å². The van der Waals surface area contributed by atoms with E-state index in [9.17, 15) is 0 Å². The Labute approximate surface area is 109 Å². The molecule has 0 aliphatic heterocycles. The number of benzene rings is 1. The maximum absolute atomic E-state index is 8.43. The summed E-state index contributed by atoms with van der Waals surface area (Å²) in [6, 6.07) is -9.50. The van der Waals surface area contributed by atoms with E-state index in [1.165, 1.54) is 5.92 Å². The molecule has 0 aromatic heterocycles. The first-order valence-electron chi connectivity index (χ1n) is 11.5. The number of rotatable bonds is 4. The van der Waals surface area contributed by atoms with Crippen molar-refractivity contribution in [3.05, 3.63) is 35.8 Å². The van der Waals surface area contributed by atoms with Crippen LogP contribution in [-0.4, -0.2) is 24.4 Å². The topological polar surface area (TPSA) is 3.24 Å². The van der Waals surface area contributed by atoms with Crippen molar-refractivity contribution in [1.82, 2.24) is 4.90 Å². The Bertz CT molecular complexity index is 846. The number of hydrogen-bond donors (Lipinski definition) is 0. The first-order valence-corrected chi connectivity index (χ1v) is 3.46. The van der Waals surface area contributed by atoms with Gasteiger partial charge < -0.3 is 0 Å². The predicted molar refractivity (Wildman–Crippen MR) is 61.1 cm³/mol. The quantitative estimate of drug-likeness (QED) is 0.678. The van der Waals surface area contributed by atoms with Gasteiger partial charge in [-0.05, 0) is 25.8 Å². The Hall–Kier alpha value is -1.26. The highest BCUT2D eigenvalue weighted by Crippen LogP contribution is 2.06. The molecule has 0 radical (unpaired) electrons. The molecule has 1 nitrogen and oxygen atoms in total. The Balaban J connectivity index is 4.22. The Morgan fingerprint density at radius 3 is 3.07 bits per heavy atom. The van der Waals surface area contributed by atoms with Crippen molar-refractivity contribution in [2.24, 2.45) is 0 Å². The van der Waals surface area contributed by atoms with E-state index >= 15 is 0 Å². The molecule has 0 saturated heterocycles. The average molecular weight is 203 g/mol. The molecule has 0 aliphatic carbocycles. The van der Waals surface area contributed by atoms with Gasteiger partial charge in [0, 0.05) is 18.4 Å². The van der Waals surface area contributed by atoms with Crippen molar-refractivity contribution in [3.8, 4) is 12.3 Å². The van der Waals surface area contributed by atoms with Crippen LogP contribution >= 0.6 is 0 Å². The van der Waals surface area contributed by atoms with Crippen molar-refractivity contribution in [2.45, 2.75) is 19.2 Å². The lowest BCUT2D eigenvalue weighted by molar-refractivity contribution is 0.287. The molecule has 0 aliphatic rings. The molecule has 0 saturated carbocycles. The summed E-state index contributed by atoms with van der Waals surface area (Å²) in [6.45, 7) is -11.2. The summed E-state index contributed by atoms with van der Waals surface area (Å²) in [7, 11) is 0. The van der Waals surface area contributed by atoms with Gasteiger partial charge in [0.1, 0.15) is 0 Å². The Kier molecular flexibility index (Phi) is 0.830. The maximum atomic E-state index is 8.43. The normalized spacial score (nSPS) is 35.1. The van der Waals surface area contributed by atoms with Crippen molar-refractivity contribution in [2.75, 3.05) is 13.5 Å². The smallest absolute Gasteiger partial charge is 0.0626 e. The third-order valence-electron chi connectivity index (χ3n) is 1.14. The lowest BCUT2D eigenvalue weighted by Crippen LogP contribution is -2.31. The van der Waals surface area contributed by atoms with Crippen molar-refractivity contribution < 1.29 is 21.9 Å². The number of hydrogen-bond acceptors (Lipinski definition) is 1. The number of nitrogens with zero attached hydrogens (tertiary/aromatic N) is 1. The second kappa shape index (κ2) is 5.47. The van der Waals surface area contributed by atoms with Gasteiger partial charge in [-0.3, -0.25) is 4.90 Å². The van der Waals surface area contributed by atoms with Gasteiger partial charge >= 0.3 is 0 Å². The summed E-state index contributed by atoms with van der Waals surface area (Å²) < 4.78 is 125. The first kappa shape index (κ1) is 2.13. The Morgan fingerprint density at radius 2 is 2.50 bits per heavy atom. The largest absolute Gasteiger partial charge is 0.292 e. The second-order valence-corrected chi connectivity index (χ2v) is 2.07. The molecule has 0 bridgehead atoms. The van der Waals surface area contributed by atoms with Gasteiger partial charge in [-0.15, -0.1) is 6.42 Å². The van der Waals surface area contributed by atoms with E-state index in [-0.39, 0.29) is 0 Å². The summed E-state index contributed by atoms with van der Waals surface area (Å²) in [5.74, 6) is 1.38. The minimum absolute atomic E-state index is 0.652. The van der Waals surface area contributed by atoms with Crippen LogP contribution < -0.4 is 0 Å². The lowest BCUT2D eigenvalue weighted by atomic mass is 10.1. The van der Waals surface area contributed by atoms with Crippen LogP contribution in [0, 0.1) is 12.3 Å². The zero-order valence-electron chi connectivity index (χ0n) is 23.0. The molecule has 1 atom stereocenters. The second-order valence-electron chi connectivity index (χ2n) is 2.07. The van der Waals surface area contributed by atoms with Crippen LogP contribution in [0.1, 0.15) is 34.3 Å². The molecule has 1 aromatic carbocycles. The average Bonchev–Trinajstić information content (AvgIpc) is 2.55. The minimum Gasteiger partial charge on any atom is -0.292 e. The molecule has 0 fully saturated rings. The molecule has 1 rings (SSSR count). The lowest BCUT2D eigenvalue weighted by Gasteiger charge is -2.22. The van der Waals surface area contributed by atoms with E-state index < -0.39 is 73.4 Å². The molecule has 74 valence electrons. The molecular weight excluding hydrogens is 170 g/mol. The zero-order chi connectivity index (χ0) is 24.2. The summed E-state index contributed by atoms with van der Waals surface area (Å²) in [5.41, 5.74) is -1.32. The highest BCUT2D eigenvalue weighted by molar-refractivity contribution is 5.15. The summed E-state index contributed by atoms with van der Waals surface area (Å²) in [4.78, 5) is -0.652. The van der Waals surface area contributed by atoms with Crippen LogP contribution in [0.25, 0.3) is 0 Å². The third-order valence-corrected chi connectivity index (χ3v) is 1.14. The molecule has 0 spiro atoms. The Morgan fingerprint density at radius 1 is 1.71 bits per heavy atom. The van der Waals surface area contributed by atoms with E-state index in [1.54, 1.807) is 0 Å². The van der Waals surface area contributed by atoms with Gasteiger partial charge in [0.15, 0.2) is 0 Å².